The van der Waals surface area contributed by atoms with Crippen molar-refractivity contribution >= 4 is 23.1 Å². The number of hydrogen-bond donors (Lipinski definition) is 2. The van der Waals surface area contributed by atoms with Crippen LogP contribution in [0.2, 0.25) is 0 Å². The van der Waals surface area contributed by atoms with Gasteiger partial charge in [0.25, 0.3) is 0 Å². The lowest BCUT2D eigenvalue weighted by Crippen LogP contribution is -2.23. The summed E-state index contributed by atoms with van der Waals surface area (Å²) in [6.07, 6.45) is 1.22. The standard InChI is InChI=1S/C15H18ClNO4/c16-7-10(18)8-17-12-6-14-13(20-3-4-21-14)5-11(12)15(19)9-1-2-9/h5-6,9-10,17-18H,1-4,7-8H2. The van der Waals surface area contributed by atoms with Gasteiger partial charge in [0.1, 0.15) is 13.2 Å². The van der Waals surface area contributed by atoms with Gasteiger partial charge in [-0.1, -0.05) is 0 Å². The Balaban J connectivity index is 1.88. The molecule has 0 radical (unpaired) electrons. The summed E-state index contributed by atoms with van der Waals surface area (Å²) in [5.74, 6) is 1.61. The smallest absolute Gasteiger partial charge is 0.168 e. The molecule has 1 fully saturated rings. The molecule has 1 aliphatic heterocycles. The minimum atomic E-state index is -0.663. The van der Waals surface area contributed by atoms with Crippen LogP contribution in [0.4, 0.5) is 5.69 Å². The number of ketones is 1. The third-order valence-corrected chi connectivity index (χ3v) is 3.96. The predicted molar refractivity (Wildman–Crippen MR) is 79.7 cm³/mol. The normalized spacial score (nSPS) is 18.2. The van der Waals surface area contributed by atoms with Crippen LogP contribution in [-0.2, 0) is 0 Å². The SMILES string of the molecule is O=C(c1cc2c(cc1NCC(O)CCl)OCCO2)C1CC1. The van der Waals surface area contributed by atoms with E-state index in [1.54, 1.807) is 12.1 Å². The number of rotatable bonds is 6. The maximum atomic E-state index is 12.4. The minimum absolute atomic E-state index is 0.117. The summed E-state index contributed by atoms with van der Waals surface area (Å²) in [6.45, 7) is 1.27. The van der Waals surface area contributed by atoms with Crippen molar-refractivity contribution in [1.82, 2.24) is 0 Å². The highest BCUT2D eigenvalue weighted by molar-refractivity contribution is 6.18. The number of carbonyl (C=O) groups excluding carboxylic acids is 1. The molecule has 2 N–H and O–H groups in total. The Morgan fingerprint density at radius 3 is 2.62 bits per heavy atom. The van der Waals surface area contributed by atoms with Crippen molar-refractivity contribution in [3.05, 3.63) is 17.7 Å². The molecule has 0 saturated heterocycles. The summed E-state index contributed by atoms with van der Waals surface area (Å²) in [5.41, 5.74) is 1.27. The average Bonchev–Trinajstić information content (AvgIpc) is 3.35. The molecule has 1 saturated carbocycles. The molecule has 2 aliphatic rings. The molecule has 0 aromatic heterocycles. The molecule has 0 bridgehead atoms. The van der Waals surface area contributed by atoms with Crippen molar-refractivity contribution in [1.29, 1.82) is 0 Å². The maximum Gasteiger partial charge on any atom is 0.168 e. The van der Waals surface area contributed by atoms with E-state index in [9.17, 15) is 9.90 Å². The zero-order chi connectivity index (χ0) is 14.8. The predicted octanol–water partition coefficient (Wildman–Crippen LogP) is 2.06. The molecule has 3 rings (SSSR count). The molecule has 1 heterocycles. The molecule has 1 aromatic carbocycles. The van der Waals surface area contributed by atoms with E-state index in [1.165, 1.54) is 0 Å². The average molecular weight is 312 g/mol. The monoisotopic (exact) mass is 311 g/mol. The first-order valence-electron chi connectivity index (χ1n) is 7.15. The third kappa shape index (κ3) is 3.24. The highest BCUT2D eigenvalue weighted by atomic mass is 35.5. The Morgan fingerprint density at radius 2 is 2.00 bits per heavy atom. The van der Waals surface area contributed by atoms with Gasteiger partial charge in [-0.3, -0.25) is 4.79 Å². The van der Waals surface area contributed by atoms with Gasteiger partial charge in [0.2, 0.25) is 0 Å². The summed E-state index contributed by atoms with van der Waals surface area (Å²) in [6, 6.07) is 3.51. The third-order valence-electron chi connectivity index (χ3n) is 3.60. The zero-order valence-electron chi connectivity index (χ0n) is 11.6. The number of carbonyl (C=O) groups is 1. The van der Waals surface area contributed by atoms with E-state index in [-0.39, 0.29) is 24.1 Å². The molecular weight excluding hydrogens is 294 g/mol. The Kier molecular flexibility index (Phi) is 4.22. The van der Waals surface area contributed by atoms with Crippen LogP contribution in [0.5, 0.6) is 11.5 Å². The van der Waals surface area contributed by atoms with Gasteiger partial charge in [-0.05, 0) is 18.9 Å². The molecule has 1 aliphatic carbocycles. The maximum absolute atomic E-state index is 12.4. The van der Waals surface area contributed by atoms with E-state index in [0.29, 0.717) is 36.0 Å². The van der Waals surface area contributed by atoms with Crippen molar-refractivity contribution in [2.45, 2.75) is 18.9 Å². The lowest BCUT2D eigenvalue weighted by Gasteiger charge is -2.22. The van der Waals surface area contributed by atoms with Crippen LogP contribution in [0, 0.1) is 5.92 Å². The van der Waals surface area contributed by atoms with Gasteiger partial charge in [-0.15, -0.1) is 11.6 Å². The fourth-order valence-electron chi connectivity index (χ4n) is 2.29. The first-order chi connectivity index (χ1) is 10.2. The number of halogens is 1. The number of ether oxygens (including phenoxy) is 2. The van der Waals surface area contributed by atoms with Crippen LogP contribution < -0.4 is 14.8 Å². The van der Waals surface area contributed by atoms with Crippen LogP contribution in [0.1, 0.15) is 23.2 Å². The molecule has 1 aromatic rings. The number of aliphatic hydroxyl groups excluding tert-OH is 1. The number of anilines is 1. The van der Waals surface area contributed by atoms with E-state index < -0.39 is 6.10 Å². The second-order valence-electron chi connectivity index (χ2n) is 5.37. The van der Waals surface area contributed by atoms with Gasteiger partial charge in [-0.2, -0.15) is 0 Å². The van der Waals surface area contributed by atoms with E-state index in [1.807, 2.05) is 0 Å². The summed E-state index contributed by atoms with van der Waals surface area (Å²) < 4.78 is 11.1. The molecule has 0 amide bonds. The lowest BCUT2D eigenvalue weighted by atomic mass is 10.0. The van der Waals surface area contributed by atoms with Gasteiger partial charge in [0, 0.05) is 29.8 Å². The Hall–Kier alpha value is -1.46. The van der Waals surface area contributed by atoms with Crippen LogP contribution >= 0.6 is 11.6 Å². The number of benzene rings is 1. The van der Waals surface area contributed by atoms with Gasteiger partial charge >= 0.3 is 0 Å². The molecule has 1 unspecified atom stereocenters. The van der Waals surface area contributed by atoms with Gasteiger partial charge in [0.05, 0.1) is 12.0 Å². The molecule has 5 nitrogen and oxygen atoms in total. The quantitative estimate of drug-likeness (QED) is 0.622. The van der Waals surface area contributed by atoms with Crippen molar-refractivity contribution < 1.29 is 19.4 Å². The molecular formula is C15H18ClNO4. The topological polar surface area (TPSA) is 67.8 Å². The van der Waals surface area contributed by atoms with Crippen molar-refractivity contribution in [2.24, 2.45) is 5.92 Å². The summed E-state index contributed by atoms with van der Waals surface area (Å²) in [5, 5.41) is 12.7. The van der Waals surface area contributed by atoms with Crippen LogP contribution in [0.25, 0.3) is 0 Å². The van der Waals surface area contributed by atoms with Crippen molar-refractivity contribution in [2.75, 3.05) is 31.0 Å². The Bertz CT molecular complexity index is 545. The van der Waals surface area contributed by atoms with Crippen LogP contribution in [0.15, 0.2) is 12.1 Å². The number of Topliss-reactive ketones (excluding diaryl/α,β-unsaturated/α-hetero) is 1. The van der Waals surface area contributed by atoms with E-state index in [4.69, 9.17) is 21.1 Å². The first kappa shape index (κ1) is 14.5. The number of alkyl halides is 1. The summed E-state index contributed by atoms with van der Waals surface area (Å²) in [7, 11) is 0. The second-order valence-corrected chi connectivity index (χ2v) is 5.68. The number of hydrogen-bond acceptors (Lipinski definition) is 5. The van der Waals surface area contributed by atoms with E-state index in [2.05, 4.69) is 5.32 Å². The molecule has 1 atom stereocenters. The highest BCUT2D eigenvalue weighted by Gasteiger charge is 2.33. The van der Waals surface area contributed by atoms with E-state index in [0.717, 1.165) is 12.8 Å². The number of fused-ring (bicyclic) bond motifs is 1. The highest BCUT2D eigenvalue weighted by Crippen LogP contribution is 2.40. The fourth-order valence-corrected chi connectivity index (χ4v) is 2.40. The lowest BCUT2D eigenvalue weighted by molar-refractivity contribution is 0.0967. The zero-order valence-corrected chi connectivity index (χ0v) is 12.4. The molecule has 6 heteroatoms. The second kappa shape index (κ2) is 6.12. The molecule has 0 spiro atoms. The van der Waals surface area contributed by atoms with Gasteiger partial charge in [-0.25, -0.2) is 0 Å². The van der Waals surface area contributed by atoms with Gasteiger partial charge in [0.15, 0.2) is 17.3 Å². The van der Waals surface area contributed by atoms with Crippen molar-refractivity contribution in [3.63, 3.8) is 0 Å². The number of nitrogens with one attached hydrogen (secondary N) is 1. The van der Waals surface area contributed by atoms with Crippen LogP contribution in [0.3, 0.4) is 0 Å². The molecule has 21 heavy (non-hydrogen) atoms. The first-order valence-corrected chi connectivity index (χ1v) is 7.68. The molecule has 114 valence electrons. The minimum Gasteiger partial charge on any atom is -0.486 e. The van der Waals surface area contributed by atoms with Crippen LogP contribution in [-0.4, -0.2) is 42.6 Å². The largest absolute Gasteiger partial charge is 0.486 e. The van der Waals surface area contributed by atoms with Crippen molar-refractivity contribution in [3.8, 4) is 11.5 Å². The summed E-state index contributed by atoms with van der Waals surface area (Å²) in [4.78, 5) is 12.4. The number of aliphatic hydroxyl groups is 1. The Morgan fingerprint density at radius 1 is 1.33 bits per heavy atom. The Labute approximate surface area is 128 Å². The fraction of sp³-hybridized carbons (Fsp3) is 0.533. The summed E-state index contributed by atoms with van der Waals surface area (Å²) >= 11 is 5.59. The van der Waals surface area contributed by atoms with Gasteiger partial charge < -0.3 is 19.9 Å². The van der Waals surface area contributed by atoms with E-state index >= 15 is 0 Å².